The van der Waals surface area contributed by atoms with Gasteiger partial charge < -0.3 is 4.84 Å². The van der Waals surface area contributed by atoms with Gasteiger partial charge in [0.2, 0.25) is 0 Å². The van der Waals surface area contributed by atoms with Gasteiger partial charge in [-0.1, -0.05) is 71.0 Å². The standard InChI is InChI=1S/C19H14BrNO2/c1-13(14-9-11-16(20)12-10-14)21-23-19(22)18-8-4-6-15-5-2-3-7-17(15)18/h2-12,21H,1H2. The maximum absolute atomic E-state index is 12.3. The molecule has 0 heterocycles. The summed E-state index contributed by atoms with van der Waals surface area (Å²) in [5.74, 6) is -0.444. The molecular formula is C19H14BrNO2. The molecule has 0 aliphatic carbocycles. The molecule has 0 fully saturated rings. The summed E-state index contributed by atoms with van der Waals surface area (Å²) >= 11 is 3.37. The maximum atomic E-state index is 12.3. The van der Waals surface area contributed by atoms with Crippen molar-refractivity contribution in [2.45, 2.75) is 0 Å². The lowest BCUT2D eigenvalue weighted by atomic mass is 10.1. The molecule has 0 bridgehead atoms. The lowest BCUT2D eigenvalue weighted by molar-refractivity contribution is 0.0372. The zero-order valence-corrected chi connectivity index (χ0v) is 13.8. The topological polar surface area (TPSA) is 38.3 Å². The van der Waals surface area contributed by atoms with Gasteiger partial charge >= 0.3 is 5.97 Å². The number of benzene rings is 3. The summed E-state index contributed by atoms with van der Waals surface area (Å²) in [7, 11) is 0. The van der Waals surface area contributed by atoms with Gasteiger partial charge in [-0.2, -0.15) is 0 Å². The summed E-state index contributed by atoms with van der Waals surface area (Å²) in [6, 6.07) is 20.8. The highest BCUT2D eigenvalue weighted by molar-refractivity contribution is 9.10. The van der Waals surface area contributed by atoms with E-state index in [9.17, 15) is 4.79 Å². The largest absolute Gasteiger partial charge is 0.363 e. The maximum Gasteiger partial charge on any atom is 0.363 e. The molecule has 1 N–H and O–H groups in total. The SMILES string of the molecule is C=C(NOC(=O)c1cccc2ccccc12)c1ccc(Br)cc1. The first kappa shape index (κ1) is 15.3. The summed E-state index contributed by atoms with van der Waals surface area (Å²) < 4.78 is 0.974. The number of halogens is 1. The van der Waals surface area contributed by atoms with Gasteiger partial charge in [-0.25, -0.2) is 10.3 Å². The number of nitrogens with one attached hydrogen (secondary N) is 1. The number of hydrogen-bond donors (Lipinski definition) is 1. The second kappa shape index (κ2) is 6.67. The zero-order valence-electron chi connectivity index (χ0n) is 12.3. The fourth-order valence-electron chi connectivity index (χ4n) is 2.28. The molecule has 0 radical (unpaired) electrons. The van der Waals surface area contributed by atoms with E-state index in [1.807, 2.05) is 60.7 Å². The highest BCUT2D eigenvalue weighted by Crippen LogP contribution is 2.19. The minimum Gasteiger partial charge on any atom is -0.338 e. The molecule has 23 heavy (non-hydrogen) atoms. The molecule has 3 aromatic carbocycles. The predicted octanol–water partition coefficient (Wildman–Crippen LogP) is 4.93. The summed E-state index contributed by atoms with van der Waals surface area (Å²) in [5.41, 5.74) is 4.50. The molecule has 4 heteroatoms. The van der Waals surface area contributed by atoms with Gasteiger partial charge in [0.05, 0.1) is 11.3 Å². The molecule has 0 spiro atoms. The molecule has 0 saturated carbocycles. The zero-order chi connectivity index (χ0) is 16.2. The van der Waals surface area contributed by atoms with E-state index in [-0.39, 0.29) is 0 Å². The Morgan fingerprint density at radius 1 is 0.957 bits per heavy atom. The van der Waals surface area contributed by atoms with Crippen LogP contribution in [0.5, 0.6) is 0 Å². The first-order chi connectivity index (χ1) is 11.1. The van der Waals surface area contributed by atoms with E-state index >= 15 is 0 Å². The number of hydroxylamine groups is 1. The van der Waals surface area contributed by atoms with E-state index in [1.54, 1.807) is 6.07 Å². The minimum absolute atomic E-state index is 0.444. The smallest absolute Gasteiger partial charge is 0.338 e. The van der Waals surface area contributed by atoms with Crippen LogP contribution in [0.2, 0.25) is 0 Å². The first-order valence-electron chi connectivity index (χ1n) is 7.05. The van der Waals surface area contributed by atoms with Crippen molar-refractivity contribution in [2.24, 2.45) is 0 Å². The van der Waals surface area contributed by atoms with Gasteiger partial charge in [0.25, 0.3) is 0 Å². The Bertz CT molecular complexity index is 867. The first-order valence-corrected chi connectivity index (χ1v) is 7.84. The Labute approximate surface area is 142 Å². The highest BCUT2D eigenvalue weighted by atomic mass is 79.9. The van der Waals surface area contributed by atoms with Crippen molar-refractivity contribution >= 4 is 38.4 Å². The molecule has 0 aromatic heterocycles. The average Bonchev–Trinajstić information content (AvgIpc) is 2.59. The minimum atomic E-state index is -0.444. The molecule has 3 rings (SSSR count). The summed E-state index contributed by atoms with van der Waals surface area (Å²) in [4.78, 5) is 17.5. The van der Waals surface area contributed by atoms with Crippen molar-refractivity contribution in [3.63, 3.8) is 0 Å². The van der Waals surface area contributed by atoms with Crippen LogP contribution in [0.3, 0.4) is 0 Å². The van der Waals surface area contributed by atoms with Crippen LogP contribution < -0.4 is 5.48 Å². The van der Waals surface area contributed by atoms with Crippen LogP contribution in [-0.2, 0) is 4.84 Å². The van der Waals surface area contributed by atoms with Gasteiger partial charge in [-0.05, 0) is 29.0 Å². The summed E-state index contributed by atoms with van der Waals surface area (Å²) in [5, 5.41) is 1.85. The Hall–Kier alpha value is -2.59. The van der Waals surface area contributed by atoms with E-state index in [0.717, 1.165) is 20.8 Å². The molecule has 0 aliphatic rings. The lowest BCUT2D eigenvalue weighted by Gasteiger charge is -2.11. The highest BCUT2D eigenvalue weighted by Gasteiger charge is 2.12. The fraction of sp³-hybridized carbons (Fsp3) is 0. The monoisotopic (exact) mass is 367 g/mol. The van der Waals surface area contributed by atoms with Crippen LogP contribution in [0.4, 0.5) is 0 Å². The van der Waals surface area contributed by atoms with Crippen LogP contribution in [0, 0.1) is 0 Å². The molecule has 0 aliphatic heterocycles. The van der Waals surface area contributed by atoms with E-state index in [0.29, 0.717) is 11.3 Å². The average molecular weight is 368 g/mol. The molecule has 3 nitrogen and oxygen atoms in total. The molecule has 3 aromatic rings. The van der Waals surface area contributed by atoms with Crippen LogP contribution in [0.25, 0.3) is 16.5 Å². The third kappa shape index (κ3) is 3.43. The number of rotatable bonds is 4. The van der Waals surface area contributed by atoms with Crippen LogP contribution in [0.1, 0.15) is 15.9 Å². The van der Waals surface area contributed by atoms with Crippen molar-refractivity contribution in [1.82, 2.24) is 5.48 Å². The Balaban J connectivity index is 1.74. The van der Waals surface area contributed by atoms with Crippen molar-refractivity contribution in [1.29, 1.82) is 0 Å². The summed E-state index contributed by atoms with van der Waals surface area (Å²) in [6.45, 7) is 3.88. The quantitative estimate of drug-likeness (QED) is 0.664. The van der Waals surface area contributed by atoms with E-state index in [4.69, 9.17) is 4.84 Å². The van der Waals surface area contributed by atoms with Gasteiger partial charge in [-0.3, -0.25) is 0 Å². The molecule has 0 atom stereocenters. The van der Waals surface area contributed by atoms with Crippen molar-refractivity contribution in [3.8, 4) is 0 Å². The van der Waals surface area contributed by atoms with Gasteiger partial charge in [0, 0.05) is 10.0 Å². The second-order valence-electron chi connectivity index (χ2n) is 5.00. The van der Waals surface area contributed by atoms with Crippen LogP contribution in [-0.4, -0.2) is 5.97 Å². The normalized spacial score (nSPS) is 10.3. The Kier molecular flexibility index (Phi) is 4.44. The fourth-order valence-corrected chi connectivity index (χ4v) is 2.54. The third-order valence-electron chi connectivity index (χ3n) is 3.47. The number of fused-ring (bicyclic) bond motifs is 1. The lowest BCUT2D eigenvalue weighted by Crippen LogP contribution is -2.18. The molecular weight excluding hydrogens is 354 g/mol. The van der Waals surface area contributed by atoms with Crippen LogP contribution in [0.15, 0.2) is 77.8 Å². The third-order valence-corrected chi connectivity index (χ3v) is 4.00. The van der Waals surface area contributed by atoms with Gasteiger partial charge in [0.1, 0.15) is 0 Å². The van der Waals surface area contributed by atoms with Crippen LogP contribution >= 0.6 is 15.9 Å². The number of carbonyl (C=O) groups excluding carboxylic acids is 1. The van der Waals surface area contributed by atoms with Crippen molar-refractivity contribution in [2.75, 3.05) is 0 Å². The molecule has 0 unspecified atom stereocenters. The summed E-state index contributed by atoms with van der Waals surface area (Å²) in [6.07, 6.45) is 0. The van der Waals surface area contributed by atoms with E-state index in [2.05, 4.69) is 28.0 Å². The van der Waals surface area contributed by atoms with Crippen molar-refractivity contribution in [3.05, 3.63) is 88.9 Å². The van der Waals surface area contributed by atoms with E-state index in [1.165, 1.54) is 0 Å². The second-order valence-corrected chi connectivity index (χ2v) is 5.92. The van der Waals surface area contributed by atoms with Crippen molar-refractivity contribution < 1.29 is 9.63 Å². The molecule has 0 saturated heterocycles. The van der Waals surface area contributed by atoms with E-state index < -0.39 is 5.97 Å². The number of carbonyl (C=O) groups is 1. The Morgan fingerprint density at radius 2 is 1.65 bits per heavy atom. The van der Waals surface area contributed by atoms with Gasteiger partial charge in [-0.15, -0.1) is 0 Å². The van der Waals surface area contributed by atoms with Gasteiger partial charge in [0.15, 0.2) is 0 Å². The Morgan fingerprint density at radius 3 is 2.43 bits per heavy atom. The number of hydrogen-bond acceptors (Lipinski definition) is 3. The molecule has 114 valence electrons. The molecule has 0 amide bonds. The predicted molar refractivity (Wildman–Crippen MR) is 95.7 cm³/mol.